The van der Waals surface area contributed by atoms with E-state index in [0.29, 0.717) is 10.3 Å². The lowest BCUT2D eigenvalue weighted by molar-refractivity contribution is -0.117. The van der Waals surface area contributed by atoms with Gasteiger partial charge in [-0.3, -0.25) is 14.4 Å². The van der Waals surface area contributed by atoms with Crippen LogP contribution in [0.3, 0.4) is 0 Å². The fourth-order valence-electron chi connectivity index (χ4n) is 5.69. The SMILES string of the molecule is C=C(C#N)C(=O)NCCOc1cccc(Nc2cc(-c3cc(F)cc(-n4ncc5c6c(sc5c4=O)CCCC6)c3CO)cn(C)c2=O)n1. The third-order valence-corrected chi connectivity index (χ3v) is 9.30. The van der Waals surface area contributed by atoms with Crippen molar-refractivity contribution in [3.05, 3.63) is 103 Å². The molecule has 0 spiro atoms. The molecule has 0 radical (unpaired) electrons. The smallest absolute Gasteiger partial charge is 0.289 e. The van der Waals surface area contributed by atoms with E-state index in [2.05, 4.69) is 27.3 Å². The first-order chi connectivity index (χ1) is 23.2. The van der Waals surface area contributed by atoms with Crippen molar-refractivity contribution >= 4 is 38.8 Å². The number of carbonyl (C=O) groups is 1. The molecule has 1 aliphatic rings. The highest BCUT2D eigenvalue weighted by atomic mass is 32.1. The van der Waals surface area contributed by atoms with E-state index in [-0.39, 0.29) is 58.5 Å². The van der Waals surface area contributed by atoms with Crippen LogP contribution in [0.1, 0.15) is 28.8 Å². The van der Waals surface area contributed by atoms with E-state index in [0.717, 1.165) is 41.3 Å². The van der Waals surface area contributed by atoms with Crippen LogP contribution in [-0.2, 0) is 31.3 Å². The molecule has 0 atom stereocenters. The predicted octanol–water partition coefficient (Wildman–Crippen LogP) is 4.04. The zero-order valence-corrected chi connectivity index (χ0v) is 26.7. The predicted molar refractivity (Wildman–Crippen MR) is 179 cm³/mol. The number of aliphatic hydroxyl groups is 1. The van der Waals surface area contributed by atoms with Gasteiger partial charge in [-0.05, 0) is 55.0 Å². The number of aryl methyl sites for hydroxylation is 3. The molecular weight excluding hydrogens is 637 g/mol. The zero-order valence-electron chi connectivity index (χ0n) is 25.9. The molecule has 0 unspecified atom stereocenters. The Morgan fingerprint density at radius 3 is 2.81 bits per heavy atom. The van der Waals surface area contributed by atoms with Crippen LogP contribution in [0, 0.1) is 17.1 Å². The Bertz CT molecular complexity index is 2250. The molecule has 5 aromatic rings. The van der Waals surface area contributed by atoms with Crippen LogP contribution in [0.5, 0.6) is 5.88 Å². The summed E-state index contributed by atoms with van der Waals surface area (Å²) in [7, 11) is 1.54. The standard InChI is InChI=1S/C34H30FN7O5S/c1-19(15-36)32(44)37-10-11-47-30-9-5-8-29(40-30)39-26-12-20(17-41(2)33(26)45)23-13-21(35)14-27(25(23)18-43)42-34(46)31-24(16-38-42)22-6-3-4-7-28(22)48-31/h5,8-9,12-14,16-17,43H,1,3-4,6-7,10-11,18H2,2H3,(H,37,44)(H,39,40). The lowest BCUT2D eigenvalue weighted by atomic mass is 9.97. The van der Waals surface area contributed by atoms with Crippen LogP contribution in [0.2, 0.25) is 0 Å². The van der Waals surface area contributed by atoms with Crippen molar-refractivity contribution in [3.8, 4) is 28.8 Å². The number of nitrogens with one attached hydrogen (secondary N) is 2. The number of halogens is 1. The molecule has 0 aliphatic heterocycles. The molecule has 0 fully saturated rings. The van der Waals surface area contributed by atoms with E-state index in [1.54, 1.807) is 30.5 Å². The molecule has 1 aromatic carbocycles. The minimum absolute atomic E-state index is 0.0592. The summed E-state index contributed by atoms with van der Waals surface area (Å²) >= 11 is 1.45. The van der Waals surface area contributed by atoms with Gasteiger partial charge in [-0.1, -0.05) is 12.6 Å². The summed E-state index contributed by atoms with van der Waals surface area (Å²) in [5.74, 6) is -0.770. The molecule has 4 heterocycles. The summed E-state index contributed by atoms with van der Waals surface area (Å²) in [5, 5.41) is 30.0. The Labute approximate surface area is 277 Å². The number of ether oxygens (including phenoxy) is 1. The number of pyridine rings is 2. The second kappa shape index (κ2) is 13.6. The molecule has 0 saturated heterocycles. The Kier molecular flexibility index (Phi) is 9.15. The van der Waals surface area contributed by atoms with Crippen LogP contribution in [0.15, 0.2) is 70.5 Å². The van der Waals surface area contributed by atoms with Crippen molar-refractivity contribution in [3.63, 3.8) is 0 Å². The van der Waals surface area contributed by atoms with Crippen LogP contribution in [0.4, 0.5) is 15.9 Å². The Morgan fingerprint density at radius 1 is 1.21 bits per heavy atom. The van der Waals surface area contributed by atoms with Gasteiger partial charge in [0.15, 0.2) is 0 Å². The molecular formula is C34H30FN7O5S. The first-order valence-corrected chi connectivity index (χ1v) is 15.9. The van der Waals surface area contributed by atoms with Gasteiger partial charge in [0.05, 0.1) is 25.0 Å². The number of anilines is 2. The van der Waals surface area contributed by atoms with Gasteiger partial charge >= 0.3 is 0 Å². The molecule has 12 nitrogen and oxygen atoms in total. The van der Waals surface area contributed by atoms with Crippen molar-refractivity contribution in [2.24, 2.45) is 7.05 Å². The van der Waals surface area contributed by atoms with Gasteiger partial charge in [-0.25, -0.2) is 4.39 Å². The first kappa shape index (κ1) is 32.3. The third-order valence-electron chi connectivity index (χ3n) is 8.01. The number of thiophene rings is 1. The summed E-state index contributed by atoms with van der Waals surface area (Å²) in [5.41, 5.74) is 1.30. The van der Waals surface area contributed by atoms with Gasteiger partial charge in [-0.2, -0.15) is 20.0 Å². The Hall–Kier alpha value is -5.65. The summed E-state index contributed by atoms with van der Waals surface area (Å²) in [4.78, 5) is 44.1. The van der Waals surface area contributed by atoms with Crippen molar-refractivity contribution in [2.75, 3.05) is 18.5 Å². The van der Waals surface area contributed by atoms with Crippen LogP contribution < -0.4 is 26.5 Å². The maximum absolute atomic E-state index is 15.3. The summed E-state index contributed by atoms with van der Waals surface area (Å²) in [6, 6.07) is 10.5. The average molecular weight is 668 g/mol. The fourth-order valence-corrected chi connectivity index (χ4v) is 6.97. The quantitative estimate of drug-likeness (QED) is 0.113. The number of carbonyl (C=O) groups excluding carboxylic acids is 1. The highest BCUT2D eigenvalue weighted by molar-refractivity contribution is 7.19. The number of fused-ring (bicyclic) bond motifs is 3. The minimum Gasteiger partial charge on any atom is -0.476 e. The van der Waals surface area contributed by atoms with Gasteiger partial charge in [0.25, 0.3) is 17.0 Å². The van der Waals surface area contributed by atoms with Gasteiger partial charge in [0, 0.05) is 46.8 Å². The molecule has 1 amide bonds. The average Bonchev–Trinajstić information content (AvgIpc) is 3.48. The summed E-state index contributed by atoms with van der Waals surface area (Å²) in [6.07, 6.45) is 7.08. The highest BCUT2D eigenvalue weighted by Gasteiger charge is 2.22. The van der Waals surface area contributed by atoms with Crippen molar-refractivity contribution < 1.29 is 19.0 Å². The second-order valence-electron chi connectivity index (χ2n) is 11.2. The second-order valence-corrected chi connectivity index (χ2v) is 12.3. The minimum atomic E-state index is -0.653. The number of amides is 1. The van der Waals surface area contributed by atoms with E-state index >= 15 is 4.39 Å². The topological polar surface area (TPSA) is 164 Å². The van der Waals surface area contributed by atoms with Gasteiger partial charge in [0.2, 0.25) is 5.88 Å². The van der Waals surface area contributed by atoms with Crippen LogP contribution in [-0.4, -0.2) is 43.5 Å². The van der Waals surface area contributed by atoms with E-state index in [1.165, 1.54) is 52.2 Å². The van der Waals surface area contributed by atoms with E-state index < -0.39 is 23.9 Å². The van der Waals surface area contributed by atoms with Crippen LogP contribution in [0.25, 0.3) is 26.9 Å². The number of benzene rings is 1. The lowest BCUT2D eigenvalue weighted by Gasteiger charge is -2.17. The Morgan fingerprint density at radius 2 is 2.02 bits per heavy atom. The fraction of sp³-hybridized carbons (Fsp3) is 0.235. The third kappa shape index (κ3) is 6.33. The zero-order chi connectivity index (χ0) is 33.9. The molecule has 1 aliphatic carbocycles. The molecule has 14 heteroatoms. The number of rotatable bonds is 10. The van der Waals surface area contributed by atoms with Gasteiger partial charge < -0.3 is 25.0 Å². The number of aromatic nitrogens is 4. The maximum atomic E-state index is 15.3. The highest BCUT2D eigenvalue weighted by Crippen LogP contribution is 2.35. The molecule has 6 rings (SSSR count). The van der Waals surface area contributed by atoms with Crippen molar-refractivity contribution in [1.82, 2.24) is 24.6 Å². The number of nitrogens with zero attached hydrogens (tertiary/aromatic N) is 5. The molecule has 48 heavy (non-hydrogen) atoms. The Balaban J connectivity index is 1.31. The number of hydrogen-bond donors (Lipinski definition) is 3. The number of nitriles is 1. The van der Waals surface area contributed by atoms with E-state index in [1.807, 2.05) is 0 Å². The maximum Gasteiger partial charge on any atom is 0.289 e. The van der Waals surface area contributed by atoms with Crippen molar-refractivity contribution in [2.45, 2.75) is 32.3 Å². The largest absolute Gasteiger partial charge is 0.476 e. The molecule has 3 N–H and O–H groups in total. The summed E-state index contributed by atoms with van der Waals surface area (Å²) in [6.45, 7) is 2.98. The van der Waals surface area contributed by atoms with Gasteiger partial charge in [-0.15, -0.1) is 11.3 Å². The number of hydrogen-bond acceptors (Lipinski definition) is 10. The first-order valence-electron chi connectivity index (χ1n) is 15.1. The van der Waals surface area contributed by atoms with Crippen molar-refractivity contribution in [1.29, 1.82) is 5.26 Å². The summed E-state index contributed by atoms with van der Waals surface area (Å²) < 4.78 is 23.9. The van der Waals surface area contributed by atoms with E-state index in [9.17, 15) is 19.5 Å². The normalized spacial score (nSPS) is 12.3. The van der Waals surface area contributed by atoms with Crippen LogP contribution >= 0.6 is 11.3 Å². The van der Waals surface area contributed by atoms with E-state index in [4.69, 9.17) is 10.00 Å². The number of aliphatic hydroxyl groups excluding tert-OH is 1. The van der Waals surface area contributed by atoms with Gasteiger partial charge in [0.1, 0.15) is 40.3 Å². The molecule has 0 saturated carbocycles. The lowest BCUT2D eigenvalue weighted by Crippen LogP contribution is -2.28. The monoisotopic (exact) mass is 667 g/mol. The molecule has 244 valence electrons. The molecule has 0 bridgehead atoms. The molecule has 4 aromatic heterocycles.